The van der Waals surface area contributed by atoms with Crippen molar-refractivity contribution in [2.45, 2.75) is 0 Å². The Morgan fingerprint density at radius 2 is 1.29 bits per heavy atom. The van der Waals surface area contributed by atoms with Crippen LogP contribution in [0.5, 0.6) is 0 Å². The van der Waals surface area contributed by atoms with Crippen LogP contribution in [0.25, 0.3) is 0 Å². The molecule has 0 aromatic rings. The topological polar surface area (TPSA) is 77.4 Å². The van der Waals surface area contributed by atoms with E-state index in [-0.39, 0.29) is 40.0 Å². The molecule has 17 heavy (non-hydrogen) atoms. The molecule has 0 atom stereocenters. The van der Waals surface area contributed by atoms with Gasteiger partial charge in [0, 0.05) is 0 Å². The minimum Gasteiger partial charge on any atom is -0.476 e. The highest BCUT2D eigenvalue weighted by atomic mass is 16.7. The Balaban J connectivity index is 3.96. The largest absolute Gasteiger partial charge is 0.476 e. The molecule has 0 fully saturated rings. The molecule has 0 bridgehead atoms. The fourth-order valence-corrected chi connectivity index (χ4v) is 0.983. The summed E-state index contributed by atoms with van der Waals surface area (Å²) in [6.07, 6.45) is 2.49. The molecule has 0 aromatic carbocycles. The lowest BCUT2D eigenvalue weighted by Gasteiger charge is -2.28. The molecule has 6 heteroatoms. The molecule has 0 unspecified atom stereocenters. The van der Waals surface area contributed by atoms with Crippen LogP contribution >= 0.6 is 0 Å². The molecule has 0 radical (unpaired) electrons. The Hall–Kier alpha value is -1.08. The second-order valence-electron chi connectivity index (χ2n) is 3.42. The van der Waals surface area contributed by atoms with Crippen molar-refractivity contribution in [3.63, 3.8) is 0 Å². The standard InChI is InChI=1S/C11H20O6/c1-3-14-9-16-7-11(5-12,6-13)8-17-10-15-4-2/h3-4,12-13H,1-2,5-10H2. The van der Waals surface area contributed by atoms with Gasteiger partial charge in [-0.15, -0.1) is 0 Å². The average Bonchev–Trinajstić information content (AvgIpc) is 2.37. The zero-order chi connectivity index (χ0) is 13.0. The maximum atomic E-state index is 9.25. The van der Waals surface area contributed by atoms with Crippen molar-refractivity contribution in [1.29, 1.82) is 0 Å². The third kappa shape index (κ3) is 6.96. The predicted octanol–water partition coefficient (Wildman–Crippen LogP) is 0.226. The van der Waals surface area contributed by atoms with E-state index in [0.717, 1.165) is 0 Å². The molecule has 6 nitrogen and oxygen atoms in total. The van der Waals surface area contributed by atoms with E-state index in [1.54, 1.807) is 0 Å². The lowest BCUT2D eigenvalue weighted by atomic mass is 9.92. The van der Waals surface area contributed by atoms with Crippen molar-refractivity contribution in [2.75, 3.05) is 40.0 Å². The van der Waals surface area contributed by atoms with Gasteiger partial charge in [-0.05, 0) is 0 Å². The summed E-state index contributed by atoms with van der Waals surface area (Å²) in [5, 5.41) is 18.5. The van der Waals surface area contributed by atoms with Crippen molar-refractivity contribution in [3.05, 3.63) is 25.7 Å². The number of aliphatic hydroxyl groups excluding tert-OH is 2. The summed E-state index contributed by atoms with van der Waals surface area (Å²) >= 11 is 0. The van der Waals surface area contributed by atoms with Gasteiger partial charge in [0.1, 0.15) is 0 Å². The Morgan fingerprint density at radius 1 is 0.882 bits per heavy atom. The second-order valence-corrected chi connectivity index (χ2v) is 3.42. The lowest BCUT2D eigenvalue weighted by molar-refractivity contribution is -0.127. The van der Waals surface area contributed by atoms with Crippen LogP contribution in [-0.4, -0.2) is 50.2 Å². The van der Waals surface area contributed by atoms with Crippen molar-refractivity contribution >= 4 is 0 Å². The van der Waals surface area contributed by atoms with Crippen molar-refractivity contribution < 1.29 is 29.2 Å². The average molecular weight is 248 g/mol. The van der Waals surface area contributed by atoms with Gasteiger partial charge in [0.15, 0.2) is 13.6 Å². The second kappa shape index (κ2) is 10.1. The van der Waals surface area contributed by atoms with E-state index in [4.69, 9.17) is 18.9 Å². The van der Waals surface area contributed by atoms with E-state index in [1.165, 1.54) is 12.5 Å². The molecule has 0 amide bonds. The van der Waals surface area contributed by atoms with Gasteiger partial charge in [-0.25, -0.2) is 0 Å². The summed E-state index contributed by atoms with van der Waals surface area (Å²) in [6, 6.07) is 0. The van der Waals surface area contributed by atoms with Gasteiger partial charge in [0.2, 0.25) is 0 Å². The highest BCUT2D eigenvalue weighted by Crippen LogP contribution is 2.17. The van der Waals surface area contributed by atoms with E-state index in [2.05, 4.69) is 13.2 Å². The van der Waals surface area contributed by atoms with E-state index in [9.17, 15) is 10.2 Å². The van der Waals surface area contributed by atoms with Crippen LogP contribution in [0.3, 0.4) is 0 Å². The van der Waals surface area contributed by atoms with Gasteiger partial charge >= 0.3 is 0 Å². The zero-order valence-electron chi connectivity index (χ0n) is 9.84. The molecule has 2 N–H and O–H groups in total. The van der Waals surface area contributed by atoms with E-state index >= 15 is 0 Å². The molecule has 0 spiro atoms. The van der Waals surface area contributed by atoms with Crippen LogP contribution < -0.4 is 0 Å². The quantitative estimate of drug-likeness (QED) is 0.292. The molecule has 0 rings (SSSR count). The molecular weight excluding hydrogens is 228 g/mol. The molecule has 0 heterocycles. The predicted molar refractivity (Wildman–Crippen MR) is 60.8 cm³/mol. The van der Waals surface area contributed by atoms with Crippen LogP contribution in [0.1, 0.15) is 0 Å². The minimum atomic E-state index is -0.880. The van der Waals surface area contributed by atoms with Crippen LogP contribution in [0.2, 0.25) is 0 Å². The van der Waals surface area contributed by atoms with E-state index < -0.39 is 5.41 Å². The highest BCUT2D eigenvalue weighted by Gasteiger charge is 2.30. The van der Waals surface area contributed by atoms with Crippen LogP contribution in [-0.2, 0) is 18.9 Å². The van der Waals surface area contributed by atoms with E-state index in [1.807, 2.05) is 0 Å². The van der Waals surface area contributed by atoms with Crippen LogP contribution in [0.15, 0.2) is 25.7 Å². The Morgan fingerprint density at radius 3 is 1.59 bits per heavy atom. The molecule has 0 saturated heterocycles. The molecular formula is C11H20O6. The number of ether oxygens (including phenoxy) is 4. The Kier molecular flexibility index (Phi) is 9.46. The van der Waals surface area contributed by atoms with Gasteiger partial charge in [-0.2, -0.15) is 0 Å². The normalized spacial score (nSPS) is 10.9. The molecule has 0 aliphatic carbocycles. The summed E-state index contributed by atoms with van der Waals surface area (Å²) in [4.78, 5) is 0. The molecule has 0 saturated carbocycles. The molecule has 0 aliphatic rings. The van der Waals surface area contributed by atoms with Gasteiger partial charge in [0.25, 0.3) is 0 Å². The first-order valence-electron chi connectivity index (χ1n) is 5.07. The Labute approximate surface area is 101 Å². The van der Waals surface area contributed by atoms with Gasteiger partial charge in [-0.1, -0.05) is 13.2 Å². The molecule has 0 aliphatic heterocycles. The molecule has 0 aromatic heterocycles. The number of rotatable bonds is 12. The fourth-order valence-electron chi connectivity index (χ4n) is 0.983. The lowest BCUT2D eigenvalue weighted by Crippen LogP contribution is -2.40. The van der Waals surface area contributed by atoms with E-state index in [0.29, 0.717) is 0 Å². The maximum absolute atomic E-state index is 9.25. The SMILES string of the molecule is C=COCOCC(CO)(CO)COCOC=C. The van der Waals surface area contributed by atoms with Crippen molar-refractivity contribution in [2.24, 2.45) is 5.41 Å². The van der Waals surface area contributed by atoms with Crippen molar-refractivity contribution in [1.82, 2.24) is 0 Å². The first-order chi connectivity index (χ1) is 8.24. The van der Waals surface area contributed by atoms with Gasteiger partial charge < -0.3 is 29.2 Å². The number of hydrogen-bond acceptors (Lipinski definition) is 6. The number of hydrogen-bond donors (Lipinski definition) is 2. The summed E-state index contributed by atoms with van der Waals surface area (Å²) in [7, 11) is 0. The first kappa shape index (κ1) is 15.9. The minimum absolute atomic E-state index is 0.00834. The first-order valence-corrected chi connectivity index (χ1v) is 5.07. The van der Waals surface area contributed by atoms with Gasteiger partial charge in [0.05, 0.1) is 44.4 Å². The summed E-state index contributed by atoms with van der Waals surface area (Å²) in [5.74, 6) is 0. The van der Waals surface area contributed by atoms with Crippen LogP contribution in [0, 0.1) is 5.41 Å². The summed E-state index contributed by atoms with van der Waals surface area (Å²) in [5.41, 5.74) is -0.880. The maximum Gasteiger partial charge on any atom is 0.188 e. The monoisotopic (exact) mass is 248 g/mol. The summed E-state index contributed by atoms with van der Waals surface area (Å²) < 4.78 is 19.8. The zero-order valence-corrected chi connectivity index (χ0v) is 9.84. The van der Waals surface area contributed by atoms with Gasteiger partial charge in [-0.3, -0.25) is 0 Å². The van der Waals surface area contributed by atoms with Crippen LogP contribution in [0.4, 0.5) is 0 Å². The highest BCUT2D eigenvalue weighted by molar-refractivity contribution is 4.77. The smallest absolute Gasteiger partial charge is 0.188 e. The third-order valence-corrected chi connectivity index (χ3v) is 2.03. The number of aliphatic hydroxyl groups is 2. The Bertz CT molecular complexity index is 184. The summed E-state index contributed by atoms with van der Waals surface area (Å²) in [6.45, 7) is 6.38. The van der Waals surface area contributed by atoms with Crippen molar-refractivity contribution in [3.8, 4) is 0 Å². The fraction of sp³-hybridized carbons (Fsp3) is 0.636. The third-order valence-electron chi connectivity index (χ3n) is 2.03. The molecule has 100 valence electrons.